The summed E-state index contributed by atoms with van der Waals surface area (Å²) in [5, 5.41) is 4.09. The highest BCUT2D eigenvalue weighted by molar-refractivity contribution is 7.09. The SMILES string of the molecule is Cn1c(=O)c(-c2nccn2CCc2nccs2)cc2ccccc21. The Balaban J connectivity index is 1.77. The number of thiazole rings is 1. The standard InChI is InChI=1S/C18H16N4OS/c1-21-15-5-3-2-4-13(15)12-14(18(21)23)17-20-7-10-22(17)9-6-16-19-8-11-24-16/h2-5,7-8,10-12H,6,9H2,1H3. The quantitative estimate of drug-likeness (QED) is 0.575. The summed E-state index contributed by atoms with van der Waals surface area (Å²) in [5.74, 6) is 0.706. The van der Waals surface area contributed by atoms with E-state index in [0.29, 0.717) is 11.4 Å². The van der Waals surface area contributed by atoms with Crippen molar-refractivity contribution < 1.29 is 0 Å². The summed E-state index contributed by atoms with van der Waals surface area (Å²) in [7, 11) is 1.80. The van der Waals surface area contributed by atoms with Crippen LogP contribution >= 0.6 is 11.3 Å². The number of benzene rings is 1. The van der Waals surface area contributed by atoms with Crippen LogP contribution in [0.4, 0.5) is 0 Å². The molecule has 0 aliphatic carbocycles. The van der Waals surface area contributed by atoms with E-state index in [1.807, 2.05) is 52.7 Å². The van der Waals surface area contributed by atoms with Crippen LogP contribution in [0.1, 0.15) is 5.01 Å². The maximum Gasteiger partial charge on any atom is 0.261 e. The molecule has 1 aromatic carbocycles. The fourth-order valence-corrected chi connectivity index (χ4v) is 3.52. The smallest absolute Gasteiger partial charge is 0.261 e. The predicted octanol–water partition coefficient (Wildman–Crippen LogP) is 3.10. The lowest BCUT2D eigenvalue weighted by Gasteiger charge is -2.10. The van der Waals surface area contributed by atoms with E-state index >= 15 is 0 Å². The van der Waals surface area contributed by atoms with E-state index in [2.05, 4.69) is 9.97 Å². The molecule has 4 rings (SSSR count). The summed E-state index contributed by atoms with van der Waals surface area (Å²) in [6.07, 6.45) is 6.30. The Kier molecular flexibility index (Phi) is 3.74. The Bertz CT molecular complexity index is 1050. The second kappa shape index (κ2) is 6.05. The molecule has 0 radical (unpaired) electrons. The van der Waals surface area contributed by atoms with Crippen LogP contribution in [0.5, 0.6) is 0 Å². The van der Waals surface area contributed by atoms with E-state index in [-0.39, 0.29) is 5.56 Å². The third kappa shape index (κ3) is 2.55. The number of imidazole rings is 1. The molecule has 3 aromatic heterocycles. The normalized spacial score (nSPS) is 11.2. The van der Waals surface area contributed by atoms with Gasteiger partial charge in [-0.1, -0.05) is 18.2 Å². The van der Waals surface area contributed by atoms with Gasteiger partial charge in [0.05, 0.1) is 16.1 Å². The number of nitrogens with zero attached hydrogens (tertiary/aromatic N) is 4. The van der Waals surface area contributed by atoms with Gasteiger partial charge in [-0.15, -0.1) is 11.3 Å². The number of fused-ring (bicyclic) bond motifs is 1. The van der Waals surface area contributed by atoms with E-state index in [1.165, 1.54) is 0 Å². The van der Waals surface area contributed by atoms with Crippen molar-refractivity contribution in [2.45, 2.75) is 13.0 Å². The molecule has 0 unspecified atom stereocenters. The van der Waals surface area contributed by atoms with Crippen LogP contribution in [-0.4, -0.2) is 19.1 Å². The second-order valence-corrected chi connectivity index (χ2v) is 6.58. The van der Waals surface area contributed by atoms with E-state index < -0.39 is 0 Å². The molecule has 4 aromatic rings. The lowest BCUT2D eigenvalue weighted by atomic mass is 10.1. The minimum absolute atomic E-state index is 0.0320. The average molecular weight is 336 g/mol. The Labute approximate surface area is 142 Å². The van der Waals surface area contributed by atoms with Gasteiger partial charge < -0.3 is 9.13 Å². The number of hydrogen-bond acceptors (Lipinski definition) is 4. The number of hydrogen-bond donors (Lipinski definition) is 0. The monoisotopic (exact) mass is 336 g/mol. The molecule has 0 spiro atoms. The molecule has 0 bridgehead atoms. The van der Waals surface area contributed by atoms with Crippen molar-refractivity contribution in [3.63, 3.8) is 0 Å². The average Bonchev–Trinajstić information content (AvgIpc) is 3.27. The summed E-state index contributed by atoms with van der Waals surface area (Å²) >= 11 is 1.64. The Morgan fingerprint density at radius 3 is 2.88 bits per heavy atom. The zero-order chi connectivity index (χ0) is 16.5. The third-order valence-electron chi connectivity index (χ3n) is 4.14. The van der Waals surface area contributed by atoms with E-state index in [4.69, 9.17) is 0 Å². The molecular formula is C18H16N4OS. The number of aromatic nitrogens is 4. The van der Waals surface area contributed by atoms with Gasteiger partial charge in [0.25, 0.3) is 5.56 Å². The molecule has 0 saturated carbocycles. The van der Waals surface area contributed by atoms with Crippen LogP contribution in [0.15, 0.2) is 59.1 Å². The van der Waals surface area contributed by atoms with Crippen molar-refractivity contribution in [2.24, 2.45) is 7.05 Å². The van der Waals surface area contributed by atoms with Crippen molar-refractivity contribution in [1.29, 1.82) is 0 Å². The Morgan fingerprint density at radius 2 is 2.04 bits per heavy atom. The van der Waals surface area contributed by atoms with Gasteiger partial charge in [-0.05, 0) is 17.5 Å². The molecule has 24 heavy (non-hydrogen) atoms. The molecule has 0 N–H and O–H groups in total. The summed E-state index contributed by atoms with van der Waals surface area (Å²) in [4.78, 5) is 21.5. The molecule has 6 heteroatoms. The van der Waals surface area contributed by atoms with E-state index in [0.717, 1.165) is 28.9 Å². The third-order valence-corrected chi connectivity index (χ3v) is 4.98. The van der Waals surface area contributed by atoms with Crippen molar-refractivity contribution in [3.8, 4) is 11.4 Å². The van der Waals surface area contributed by atoms with Crippen LogP contribution in [0, 0.1) is 0 Å². The molecule has 0 saturated heterocycles. The van der Waals surface area contributed by atoms with Crippen molar-refractivity contribution in [2.75, 3.05) is 0 Å². The molecule has 0 amide bonds. The van der Waals surface area contributed by atoms with Gasteiger partial charge in [0, 0.05) is 44.0 Å². The van der Waals surface area contributed by atoms with Crippen LogP contribution < -0.4 is 5.56 Å². The summed E-state index contributed by atoms with van der Waals surface area (Å²) in [6, 6.07) is 9.82. The van der Waals surface area contributed by atoms with Gasteiger partial charge in [0.2, 0.25) is 0 Å². The van der Waals surface area contributed by atoms with Gasteiger partial charge in [0.1, 0.15) is 5.82 Å². The molecule has 5 nitrogen and oxygen atoms in total. The molecule has 0 aliphatic rings. The minimum Gasteiger partial charge on any atom is -0.330 e. The zero-order valence-electron chi connectivity index (χ0n) is 13.2. The lowest BCUT2D eigenvalue weighted by molar-refractivity contribution is 0.699. The predicted molar refractivity (Wildman–Crippen MR) is 96.2 cm³/mol. The summed E-state index contributed by atoms with van der Waals surface area (Å²) < 4.78 is 3.71. The van der Waals surface area contributed by atoms with Crippen molar-refractivity contribution in [3.05, 3.63) is 69.7 Å². The fourth-order valence-electron chi connectivity index (χ4n) is 2.91. The maximum atomic E-state index is 12.8. The summed E-state index contributed by atoms with van der Waals surface area (Å²) in [6.45, 7) is 0.749. The molecule has 0 aliphatic heterocycles. The van der Waals surface area contributed by atoms with Crippen LogP contribution in [-0.2, 0) is 20.0 Å². The van der Waals surface area contributed by atoms with Gasteiger partial charge >= 0.3 is 0 Å². The summed E-state index contributed by atoms with van der Waals surface area (Å²) in [5.41, 5.74) is 1.52. The molecule has 0 fully saturated rings. The topological polar surface area (TPSA) is 52.7 Å². The zero-order valence-corrected chi connectivity index (χ0v) is 14.0. The lowest BCUT2D eigenvalue weighted by Crippen LogP contribution is -2.20. The van der Waals surface area contributed by atoms with Gasteiger partial charge in [-0.3, -0.25) is 4.79 Å². The number of pyridine rings is 1. The second-order valence-electron chi connectivity index (χ2n) is 5.60. The number of rotatable bonds is 4. The molecule has 0 atom stereocenters. The van der Waals surface area contributed by atoms with Crippen molar-refractivity contribution in [1.82, 2.24) is 19.1 Å². The number of para-hydroxylation sites is 1. The highest BCUT2D eigenvalue weighted by atomic mass is 32.1. The van der Waals surface area contributed by atoms with Gasteiger partial charge in [-0.25, -0.2) is 9.97 Å². The molecule has 3 heterocycles. The fraction of sp³-hybridized carbons (Fsp3) is 0.167. The molecule has 120 valence electrons. The van der Waals surface area contributed by atoms with Crippen molar-refractivity contribution >= 4 is 22.2 Å². The minimum atomic E-state index is -0.0320. The van der Waals surface area contributed by atoms with E-state index in [1.54, 1.807) is 29.1 Å². The highest BCUT2D eigenvalue weighted by Gasteiger charge is 2.13. The van der Waals surface area contributed by atoms with Crippen LogP contribution in [0.25, 0.3) is 22.3 Å². The Morgan fingerprint density at radius 1 is 1.17 bits per heavy atom. The Hall–Kier alpha value is -2.73. The maximum absolute atomic E-state index is 12.8. The van der Waals surface area contributed by atoms with Crippen LogP contribution in [0.3, 0.4) is 0 Å². The molecular weight excluding hydrogens is 320 g/mol. The first kappa shape index (κ1) is 14.8. The largest absolute Gasteiger partial charge is 0.330 e. The highest BCUT2D eigenvalue weighted by Crippen LogP contribution is 2.20. The van der Waals surface area contributed by atoms with Gasteiger partial charge in [-0.2, -0.15) is 0 Å². The first-order valence-corrected chi connectivity index (χ1v) is 8.60. The van der Waals surface area contributed by atoms with E-state index in [9.17, 15) is 4.79 Å². The number of aryl methyl sites for hydroxylation is 3. The van der Waals surface area contributed by atoms with Crippen LogP contribution in [0.2, 0.25) is 0 Å². The first-order chi connectivity index (χ1) is 11.7. The van der Waals surface area contributed by atoms with Gasteiger partial charge in [0.15, 0.2) is 0 Å². The first-order valence-electron chi connectivity index (χ1n) is 7.72.